The first-order chi connectivity index (χ1) is 8.15. The minimum absolute atomic E-state index is 0.135. The molecule has 2 N–H and O–H groups in total. The lowest BCUT2D eigenvalue weighted by Crippen LogP contribution is -2.50. The molecule has 0 spiro atoms. The van der Waals surface area contributed by atoms with Crippen LogP contribution >= 0.6 is 0 Å². The first kappa shape index (κ1) is 13.9. The van der Waals surface area contributed by atoms with Gasteiger partial charge in [-0.05, 0) is 19.4 Å². The van der Waals surface area contributed by atoms with Crippen molar-refractivity contribution in [3.63, 3.8) is 0 Å². The zero-order valence-electron chi connectivity index (χ0n) is 10.1. The number of methoxy groups -OCH3 is 1. The summed E-state index contributed by atoms with van der Waals surface area (Å²) in [7, 11) is 1.53. The van der Waals surface area contributed by atoms with Gasteiger partial charge in [0.05, 0.1) is 12.6 Å². The van der Waals surface area contributed by atoms with Crippen LogP contribution in [0.1, 0.15) is 19.3 Å². The van der Waals surface area contributed by atoms with E-state index in [0.29, 0.717) is 13.2 Å². The van der Waals surface area contributed by atoms with E-state index in [0.717, 1.165) is 25.8 Å². The highest BCUT2D eigenvalue weighted by Crippen LogP contribution is 2.09. The number of rotatable bonds is 6. The summed E-state index contributed by atoms with van der Waals surface area (Å²) < 4.78 is 4.88. The molecule has 1 atom stereocenters. The second-order valence-corrected chi connectivity index (χ2v) is 4.15. The SMILES string of the molecule is COCCN(CC(=O)O)C(=O)[C@@H]1CCCCN1. The number of amides is 1. The summed E-state index contributed by atoms with van der Waals surface area (Å²) in [4.78, 5) is 24.1. The maximum absolute atomic E-state index is 12.1. The fourth-order valence-electron chi connectivity index (χ4n) is 1.91. The number of carboxylic acids is 1. The van der Waals surface area contributed by atoms with Crippen LogP contribution in [-0.2, 0) is 14.3 Å². The molecule has 0 radical (unpaired) electrons. The van der Waals surface area contributed by atoms with Crippen molar-refractivity contribution in [2.24, 2.45) is 0 Å². The molecule has 17 heavy (non-hydrogen) atoms. The van der Waals surface area contributed by atoms with Crippen LogP contribution in [0, 0.1) is 0 Å². The average Bonchev–Trinajstić information content (AvgIpc) is 2.34. The van der Waals surface area contributed by atoms with E-state index in [1.807, 2.05) is 0 Å². The maximum Gasteiger partial charge on any atom is 0.323 e. The molecule has 0 saturated carbocycles. The third-order valence-corrected chi connectivity index (χ3v) is 2.81. The van der Waals surface area contributed by atoms with Crippen molar-refractivity contribution in [2.45, 2.75) is 25.3 Å². The molecule has 1 amide bonds. The number of ether oxygens (including phenoxy) is 1. The van der Waals surface area contributed by atoms with Crippen molar-refractivity contribution in [3.05, 3.63) is 0 Å². The van der Waals surface area contributed by atoms with E-state index in [1.165, 1.54) is 12.0 Å². The molecule has 6 heteroatoms. The summed E-state index contributed by atoms with van der Waals surface area (Å²) in [6, 6.07) is -0.236. The van der Waals surface area contributed by atoms with Crippen LogP contribution in [0.15, 0.2) is 0 Å². The Morgan fingerprint density at radius 1 is 1.47 bits per heavy atom. The van der Waals surface area contributed by atoms with Crippen molar-refractivity contribution in [1.29, 1.82) is 0 Å². The van der Waals surface area contributed by atoms with Gasteiger partial charge in [-0.1, -0.05) is 6.42 Å². The minimum Gasteiger partial charge on any atom is -0.480 e. The Bertz CT molecular complexity index is 264. The summed E-state index contributed by atoms with van der Waals surface area (Å²) in [5.41, 5.74) is 0. The predicted molar refractivity (Wildman–Crippen MR) is 61.7 cm³/mol. The van der Waals surface area contributed by atoms with Crippen molar-refractivity contribution in [3.8, 4) is 0 Å². The largest absolute Gasteiger partial charge is 0.480 e. The zero-order chi connectivity index (χ0) is 12.7. The number of hydrogen-bond acceptors (Lipinski definition) is 4. The molecular weight excluding hydrogens is 224 g/mol. The molecule has 1 heterocycles. The van der Waals surface area contributed by atoms with Crippen LogP contribution in [0.25, 0.3) is 0 Å². The first-order valence-electron chi connectivity index (χ1n) is 5.88. The van der Waals surface area contributed by atoms with E-state index in [-0.39, 0.29) is 18.5 Å². The molecule has 0 bridgehead atoms. The van der Waals surface area contributed by atoms with Gasteiger partial charge in [0, 0.05) is 13.7 Å². The van der Waals surface area contributed by atoms with E-state index < -0.39 is 5.97 Å². The number of carbonyl (C=O) groups excluding carboxylic acids is 1. The van der Waals surface area contributed by atoms with Gasteiger partial charge in [-0.15, -0.1) is 0 Å². The maximum atomic E-state index is 12.1. The molecule has 1 saturated heterocycles. The topological polar surface area (TPSA) is 78.9 Å². The molecule has 1 rings (SSSR count). The van der Waals surface area contributed by atoms with E-state index in [4.69, 9.17) is 9.84 Å². The first-order valence-corrected chi connectivity index (χ1v) is 5.88. The average molecular weight is 244 g/mol. The normalized spacial score (nSPS) is 19.9. The zero-order valence-corrected chi connectivity index (χ0v) is 10.1. The van der Waals surface area contributed by atoms with Crippen LogP contribution < -0.4 is 5.32 Å². The van der Waals surface area contributed by atoms with E-state index >= 15 is 0 Å². The molecule has 0 aliphatic carbocycles. The van der Waals surface area contributed by atoms with E-state index in [2.05, 4.69) is 5.32 Å². The molecule has 0 aromatic carbocycles. The molecular formula is C11H20N2O4. The highest BCUT2D eigenvalue weighted by Gasteiger charge is 2.26. The number of carboxylic acid groups (broad SMARTS) is 1. The van der Waals surface area contributed by atoms with E-state index in [1.54, 1.807) is 0 Å². The quantitative estimate of drug-likeness (QED) is 0.670. The molecule has 1 aliphatic rings. The monoisotopic (exact) mass is 244 g/mol. The summed E-state index contributed by atoms with van der Waals surface area (Å²) >= 11 is 0. The number of nitrogens with zero attached hydrogens (tertiary/aromatic N) is 1. The molecule has 6 nitrogen and oxygen atoms in total. The van der Waals surface area contributed by atoms with Gasteiger partial charge in [0.15, 0.2) is 0 Å². The number of nitrogens with one attached hydrogen (secondary N) is 1. The van der Waals surface area contributed by atoms with Crippen LogP contribution in [-0.4, -0.2) is 61.3 Å². The smallest absolute Gasteiger partial charge is 0.323 e. The lowest BCUT2D eigenvalue weighted by atomic mass is 10.0. The van der Waals surface area contributed by atoms with E-state index in [9.17, 15) is 9.59 Å². The summed E-state index contributed by atoms with van der Waals surface area (Å²) in [5.74, 6) is -1.13. The third-order valence-electron chi connectivity index (χ3n) is 2.81. The molecule has 0 unspecified atom stereocenters. The lowest BCUT2D eigenvalue weighted by Gasteiger charge is -2.28. The van der Waals surface area contributed by atoms with Crippen LogP contribution in [0.2, 0.25) is 0 Å². The highest BCUT2D eigenvalue weighted by molar-refractivity contribution is 5.85. The lowest BCUT2D eigenvalue weighted by molar-refractivity contribution is -0.146. The van der Waals surface area contributed by atoms with Crippen molar-refractivity contribution < 1.29 is 19.4 Å². The van der Waals surface area contributed by atoms with Crippen LogP contribution in [0.3, 0.4) is 0 Å². The Morgan fingerprint density at radius 2 is 2.24 bits per heavy atom. The standard InChI is InChI=1S/C11H20N2O4/c1-17-7-6-13(8-10(14)15)11(16)9-4-2-3-5-12-9/h9,12H,2-8H2,1H3,(H,14,15)/t9-/m0/s1. The van der Waals surface area contributed by atoms with Gasteiger partial charge in [-0.25, -0.2) is 0 Å². The number of hydrogen-bond donors (Lipinski definition) is 2. The number of aliphatic carboxylic acids is 1. The Labute approximate surface area is 101 Å². The van der Waals surface area contributed by atoms with Gasteiger partial charge in [0.25, 0.3) is 0 Å². The second-order valence-electron chi connectivity index (χ2n) is 4.15. The van der Waals surface area contributed by atoms with Crippen molar-refractivity contribution in [2.75, 3.05) is 33.4 Å². The van der Waals surface area contributed by atoms with Gasteiger partial charge in [0.2, 0.25) is 5.91 Å². The van der Waals surface area contributed by atoms with Gasteiger partial charge in [0.1, 0.15) is 6.54 Å². The fourth-order valence-corrected chi connectivity index (χ4v) is 1.91. The van der Waals surface area contributed by atoms with Gasteiger partial charge >= 0.3 is 5.97 Å². The summed E-state index contributed by atoms with van der Waals surface area (Å²) in [6.07, 6.45) is 2.86. The highest BCUT2D eigenvalue weighted by atomic mass is 16.5. The van der Waals surface area contributed by atoms with Gasteiger partial charge in [-0.3, -0.25) is 9.59 Å². The summed E-state index contributed by atoms with van der Waals surface area (Å²) in [6.45, 7) is 1.23. The number of piperidine rings is 1. The van der Waals surface area contributed by atoms with Crippen molar-refractivity contribution in [1.82, 2.24) is 10.2 Å². The number of carbonyl (C=O) groups is 2. The Kier molecular flexibility index (Phi) is 5.93. The predicted octanol–water partition coefficient (Wildman–Crippen LogP) is -0.312. The molecule has 1 aliphatic heterocycles. The Morgan fingerprint density at radius 3 is 2.76 bits per heavy atom. The molecule has 1 fully saturated rings. The molecule has 0 aromatic rings. The van der Waals surface area contributed by atoms with Crippen LogP contribution in [0.5, 0.6) is 0 Å². The molecule has 98 valence electrons. The third kappa shape index (κ3) is 4.70. The van der Waals surface area contributed by atoms with Crippen LogP contribution in [0.4, 0.5) is 0 Å². The Hall–Kier alpha value is -1.14. The second kappa shape index (κ2) is 7.24. The minimum atomic E-state index is -0.995. The van der Waals surface area contributed by atoms with Gasteiger partial charge in [-0.2, -0.15) is 0 Å². The van der Waals surface area contributed by atoms with Crippen molar-refractivity contribution >= 4 is 11.9 Å². The molecule has 0 aromatic heterocycles. The van der Waals surface area contributed by atoms with Gasteiger partial charge < -0.3 is 20.1 Å². The Balaban J connectivity index is 2.53. The summed E-state index contributed by atoms with van der Waals surface area (Å²) in [5, 5.41) is 11.9. The fraction of sp³-hybridized carbons (Fsp3) is 0.818.